The first-order valence-corrected chi connectivity index (χ1v) is 19.1. The van der Waals surface area contributed by atoms with Gasteiger partial charge in [-0.2, -0.15) is 0 Å². The van der Waals surface area contributed by atoms with E-state index in [9.17, 15) is 14.4 Å². The Morgan fingerprint density at radius 3 is 1.87 bits per heavy atom. The number of anilines is 1. The summed E-state index contributed by atoms with van der Waals surface area (Å²) in [5, 5.41) is 2.93. The van der Waals surface area contributed by atoms with Gasteiger partial charge in [0.15, 0.2) is 6.10 Å². The second-order valence-electron chi connectivity index (χ2n) is 14.5. The van der Waals surface area contributed by atoms with Crippen LogP contribution >= 0.6 is 0 Å². The Morgan fingerprint density at radius 2 is 1.26 bits per heavy atom. The van der Waals surface area contributed by atoms with Gasteiger partial charge in [0, 0.05) is 55.0 Å². The van der Waals surface area contributed by atoms with Gasteiger partial charge in [0.05, 0.1) is 0 Å². The Balaban J connectivity index is 0.762. The molecule has 0 unspecified atom stereocenters. The maximum absolute atomic E-state index is 13.6. The first-order chi connectivity index (χ1) is 26.5. The zero-order chi connectivity index (χ0) is 37.0. The van der Waals surface area contributed by atoms with Crippen molar-refractivity contribution in [3.05, 3.63) is 149 Å². The number of hydrogen-bond donors (Lipinski definition) is 1. The molecule has 0 aromatic heterocycles. The van der Waals surface area contributed by atoms with Crippen molar-refractivity contribution in [2.45, 2.75) is 44.1 Å². The Hall–Kier alpha value is -5.89. The highest BCUT2D eigenvalue weighted by molar-refractivity contribution is 5.97. The fourth-order valence-electron chi connectivity index (χ4n) is 8.37. The van der Waals surface area contributed by atoms with Crippen molar-refractivity contribution in [3.63, 3.8) is 0 Å². The van der Waals surface area contributed by atoms with Crippen molar-refractivity contribution in [2.24, 2.45) is 5.92 Å². The molecule has 3 amide bonds. The first kappa shape index (κ1) is 35.2. The van der Waals surface area contributed by atoms with Gasteiger partial charge < -0.3 is 19.7 Å². The largest absolute Gasteiger partial charge is 0.449 e. The zero-order valence-electron chi connectivity index (χ0n) is 30.6. The first-order valence-electron chi connectivity index (χ1n) is 19.1. The van der Waals surface area contributed by atoms with Crippen LogP contribution in [0.15, 0.2) is 121 Å². The van der Waals surface area contributed by atoms with Crippen LogP contribution in [0.1, 0.15) is 76.7 Å². The maximum atomic E-state index is 13.6. The number of hydrogen-bond acceptors (Lipinski definition) is 5. The number of rotatable bonds is 10. The van der Waals surface area contributed by atoms with Crippen molar-refractivity contribution in [3.8, 4) is 22.3 Å². The molecule has 8 nitrogen and oxygen atoms in total. The molecule has 0 radical (unpaired) electrons. The number of likely N-dealkylation sites (tertiary alicyclic amines) is 1. The number of piperidine rings is 1. The second-order valence-corrected chi connectivity index (χ2v) is 14.5. The zero-order valence-corrected chi connectivity index (χ0v) is 30.6. The standard InChI is InChI=1S/C46H45N3O5/c1-48(46(52)54-43-40-22-8-6-18-36(40)37-19-7-9-23-41(37)43)33-15-12-14-32(29-33)44(50)49-27-24-31(25-28-49)13-10-11-26-47-45(51)53-30-42-38-20-4-2-16-34(38)35-17-3-5-21-39(35)42/h2-9,12,14-23,29,31,42-43H,10-11,13,24-28,30H2,1H3,(H,47,51). The van der Waals surface area contributed by atoms with E-state index in [1.165, 1.54) is 27.2 Å². The summed E-state index contributed by atoms with van der Waals surface area (Å²) >= 11 is 0. The summed E-state index contributed by atoms with van der Waals surface area (Å²) in [4.78, 5) is 42.9. The molecule has 5 aromatic carbocycles. The Labute approximate surface area is 316 Å². The molecule has 54 heavy (non-hydrogen) atoms. The predicted molar refractivity (Wildman–Crippen MR) is 211 cm³/mol. The van der Waals surface area contributed by atoms with Gasteiger partial charge in [0.1, 0.15) is 6.61 Å². The van der Waals surface area contributed by atoms with Gasteiger partial charge in [-0.25, -0.2) is 9.59 Å². The van der Waals surface area contributed by atoms with E-state index in [0.29, 0.717) is 43.4 Å². The van der Waals surface area contributed by atoms with Crippen molar-refractivity contribution in [1.29, 1.82) is 0 Å². The molecule has 1 N–H and O–H groups in total. The molecule has 8 rings (SSSR count). The molecular formula is C46H45N3O5. The number of carbonyl (C=O) groups is 3. The lowest BCUT2D eigenvalue weighted by Crippen LogP contribution is -2.38. The van der Waals surface area contributed by atoms with Crippen LogP contribution in [0.4, 0.5) is 15.3 Å². The molecule has 1 fully saturated rings. The predicted octanol–water partition coefficient (Wildman–Crippen LogP) is 9.59. The lowest BCUT2D eigenvalue weighted by atomic mass is 9.91. The van der Waals surface area contributed by atoms with Crippen LogP contribution in [0.5, 0.6) is 0 Å². The van der Waals surface area contributed by atoms with Crippen LogP contribution in [0, 0.1) is 5.92 Å². The fraction of sp³-hybridized carbons (Fsp3) is 0.283. The van der Waals surface area contributed by atoms with Crippen molar-refractivity contribution in [2.75, 3.05) is 38.2 Å². The number of amides is 3. The summed E-state index contributed by atoms with van der Waals surface area (Å²) in [5.41, 5.74) is 10.1. The summed E-state index contributed by atoms with van der Waals surface area (Å²) in [6, 6.07) is 39.9. The van der Waals surface area contributed by atoms with Gasteiger partial charge >= 0.3 is 12.2 Å². The number of carbonyl (C=O) groups excluding carboxylic acids is 3. The van der Waals surface area contributed by atoms with E-state index in [2.05, 4.69) is 41.7 Å². The average molecular weight is 720 g/mol. The number of benzene rings is 5. The number of alkyl carbamates (subject to hydrolysis) is 1. The summed E-state index contributed by atoms with van der Waals surface area (Å²) < 4.78 is 11.8. The van der Waals surface area contributed by atoms with Gasteiger partial charge in [-0.1, -0.05) is 116 Å². The highest BCUT2D eigenvalue weighted by Crippen LogP contribution is 2.46. The topological polar surface area (TPSA) is 88.2 Å². The average Bonchev–Trinajstić information content (AvgIpc) is 3.71. The van der Waals surface area contributed by atoms with E-state index in [4.69, 9.17) is 9.47 Å². The normalized spacial score (nSPS) is 14.8. The molecule has 5 aromatic rings. The van der Waals surface area contributed by atoms with Crippen LogP contribution < -0.4 is 10.2 Å². The third kappa shape index (κ3) is 7.08. The highest BCUT2D eigenvalue weighted by atomic mass is 16.6. The molecule has 1 heterocycles. The number of unbranched alkanes of at least 4 members (excludes halogenated alkanes) is 1. The molecular weight excluding hydrogens is 675 g/mol. The number of fused-ring (bicyclic) bond motifs is 6. The molecule has 1 saturated heterocycles. The van der Waals surface area contributed by atoms with E-state index in [1.807, 2.05) is 83.8 Å². The smallest absolute Gasteiger partial charge is 0.414 e. The Kier molecular flexibility index (Phi) is 10.2. The quantitative estimate of drug-likeness (QED) is 0.145. The molecule has 8 heteroatoms. The van der Waals surface area contributed by atoms with Crippen molar-refractivity contribution < 1.29 is 23.9 Å². The summed E-state index contributed by atoms with van der Waals surface area (Å²) in [5.74, 6) is 0.569. The summed E-state index contributed by atoms with van der Waals surface area (Å²) in [6.07, 6.45) is 3.50. The second kappa shape index (κ2) is 15.6. The van der Waals surface area contributed by atoms with Crippen molar-refractivity contribution >= 4 is 23.8 Å². The van der Waals surface area contributed by atoms with Gasteiger partial charge in [0.2, 0.25) is 0 Å². The monoisotopic (exact) mass is 719 g/mol. The van der Waals surface area contributed by atoms with Gasteiger partial charge in [-0.15, -0.1) is 0 Å². The third-order valence-corrected chi connectivity index (χ3v) is 11.3. The van der Waals surface area contributed by atoms with Crippen LogP contribution in [-0.2, 0) is 9.47 Å². The number of nitrogens with one attached hydrogen (secondary N) is 1. The molecule has 274 valence electrons. The Morgan fingerprint density at radius 1 is 0.704 bits per heavy atom. The van der Waals surface area contributed by atoms with Gasteiger partial charge in [0.25, 0.3) is 5.91 Å². The molecule has 0 atom stereocenters. The minimum Gasteiger partial charge on any atom is -0.449 e. The molecule has 2 aliphatic carbocycles. The van der Waals surface area contributed by atoms with Crippen molar-refractivity contribution in [1.82, 2.24) is 10.2 Å². The number of ether oxygens (including phenoxy) is 2. The molecule has 3 aliphatic rings. The van der Waals surface area contributed by atoms with Crippen LogP contribution in [0.3, 0.4) is 0 Å². The van der Waals surface area contributed by atoms with Gasteiger partial charge in [-0.05, 0) is 76.8 Å². The van der Waals surface area contributed by atoms with E-state index in [1.54, 1.807) is 13.1 Å². The minimum atomic E-state index is -0.490. The SMILES string of the molecule is CN(C(=O)OC1c2ccccc2-c2ccccc21)c1cccc(C(=O)N2CCC(CCCCNC(=O)OCC3c4ccccc4-c4ccccc43)CC2)c1. The number of nitrogens with zero attached hydrogens (tertiary/aromatic N) is 2. The van der Waals surface area contributed by atoms with E-state index < -0.39 is 12.2 Å². The van der Waals surface area contributed by atoms with Crippen LogP contribution in [-0.4, -0.2) is 56.3 Å². The summed E-state index contributed by atoms with van der Waals surface area (Å²) in [7, 11) is 1.68. The lowest BCUT2D eigenvalue weighted by molar-refractivity contribution is 0.0685. The van der Waals surface area contributed by atoms with Crippen LogP contribution in [0.25, 0.3) is 22.3 Å². The molecule has 0 spiro atoms. The van der Waals surface area contributed by atoms with E-state index in [-0.39, 0.29) is 17.9 Å². The fourth-order valence-corrected chi connectivity index (χ4v) is 8.37. The van der Waals surface area contributed by atoms with E-state index >= 15 is 0 Å². The molecule has 1 aliphatic heterocycles. The maximum Gasteiger partial charge on any atom is 0.414 e. The Bertz CT molecular complexity index is 2080. The molecule has 0 saturated carbocycles. The van der Waals surface area contributed by atoms with Crippen LogP contribution in [0.2, 0.25) is 0 Å². The highest BCUT2D eigenvalue weighted by Gasteiger charge is 2.33. The van der Waals surface area contributed by atoms with Gasteiger partial charge in [-0.3, -0.25) is 9.69 Å². The van der Waals surface area contributed by atoms with E-state index in [0.717, 1.165) is 54.4 Å². The third-order valence-electron chi connectivity index (χ3n) is 11.3. The minimum absolute atomic E-state index is 0.0250. The molecule has 0 bridgehead atoms. The lowest BCUT2D eigenvalue weighted by Gasteiger charge is -2.32. The summed E-state index contributed by atoms with van der Waals surface area (Å²) in [6.45, 7) is 2.29.